The minimum Gasteiger partial charge on any atom is -0.472 e. The van der Waals surface area contributed by atoms with E-state index in [1.165, 1.54) is 10.4 Å². The minimum absolute atomic E-state index is 0.174. The predicted molar refractivity (Wildman–Crippen MR) is 219 cm³/mol. The van der Waals surface area contributed by atoms with Gasteiger partial charge in [-0.2, -0.15) is 0 Å². The first-order valence-corrected chi connectivity index (χ1v) is 22.7. The van der Waals surface area contributed by atoms with Gasteiger partial charge in [0.25, 0.3) is 8.32 Å². The molecule has 5 aromatic rings. The third-order valence-corrected chi connectivity index (χ3v) is 20.0. The summed E-state index contributed by atoms with van der Waals surface area (Å²) in [7, 11) is -3.00. The van der Waals surface area contributed by atoms with Gasteiger partial charge in [-0.05, 0) is 51.4 Å². The molecule has 0 bridgehead atoms. The van der Waals surface area contributed by atoms with Crippen LogP contribution in [-0.4, -0.2) is 54.4 Å². The fourth-order valence-electron chi connectivity index (χ4n) is 6.94. The topological polar surface area (TPSA) is 61.1 Å². The van der Waals surface area contributed by atoms with E-state index in [-0.39, 0.29) is 18.3 Å². The quantitative estimate of drug-likeness (QED) is 0.0703. The predicted octanol–water partition coefficient (Wildman–Crippen LogP) is 8.96. The Morgan fingerprint density at radius 3 is 1.51 bits per heavy atom. The Morgan fingerprint density at radius 2 is 1.10 bits per heavy atom. The molecule has 0 unspecified atom stereocenters. The second-order valence-electron chi connectivity index (χ2n) is 13.5. The van der Waals surface area contributed by atoms with Crippen molar-refractivity contribution >= 4 is 54.0 Å². The molecule has 0 spiro atoms. The van der Waals surface area contributed by atoms with E-state index in [1.54, 1.807) is 47.8 Å². The van der Waals surface area contributed by atoms with Gasteiger partial charge in [0.15, 0.2) is 5.60 Å². The lowest BCUT2D eigenvalue weighted by Crippen LogP contribution is -2.68. The molecule has 1 N–H and O–H groups in total. The highest BCUT2D eigenvalue weighted by Gasteiger charge is 2.60. The fourth-order valence-corrected chi connectivity index (χ4v) is 15.1. The van der Waals surface area contributed by atoms with E-state index in [4.69, 9.17) is 18.3 Å². The second kappa shape index (κ2) is 17.9. The Bertz CT molecular complexity index is 1670. The third-order valence-electron chi connectivity index (χ3n) is 9.44. The van der Waals surface area contributed by atoms with Gasteiger partial charge in [0.1, 0.15) is 15.6 Å². The Balaban J connectivity index is 1.69. The molecule has 0 saturated heterocycles. The van der Waals surface area contributed by atoms with Crippen LogP contribution in [0.3, 0.4) is 0 Å². The van der Waals surface area contributed by atoms with Gasteiger partial charge in [-0.3, -0.25) is 0 Å². The first-order valence-electron chi connectivity index (χ1n) is 17.1. The molecular weight excluding hydrogens is 709 g/mol. The number of hydrogen-bond acceptors (Lipinski definition) is 8. The zero-order valence-corrected chi connectivity index (χ0v) is 33.8. The summed E-state index contributed by atoms with van der Waals surface area (Å²) in [5.41, 5.74) is 1.04. The van der Waals surface area contributed by atoms with Crippen LogP contribution in [0, 0.1) is 0 Å². The molecule has 0 aliphatic carbocycles. The summed E-state index contributed by atoms with van der Waals surface area (Å²) in [6.07, 6.45) is 7.75. The maximum atomic E-state index is 13.5. The van der Waals surface area contributed by atoms with Crippen molar-refractivity contribution in [3.63, 3.8) is 0 Å². The lowest BCUT2D eigenvalue weighted by atomic mass is 9.87. The zero-order chi connectivity index (χ0) is 36.4. The van der Waals surface area contributed by atoms with Crippen molar-refractivity contribution in [2.75, 3.05) is 25.4 Å². The minimum atomic E-state index is -3.00. The number of ether oxygens (including phenoxy) is 2. The molecule has 51 heavy (non-hydrogen) atoms. The van der Waals surface area contributed by atoms with Crippen molar-refractivity contribution in [2.24, 2.45) is 0 Å². The van der Waals surface area contributed by atoms with Crippen molar-refractivity contribution in [3.8, 4) is 0 Å². The summed E-state index contributed by atoms with van der Waals surface area (Å²) >= 11 is 4.78. The molecule has 0 radical (unpaired) electrons. The molecule has 0 aliphatic heterocycles. The molecule has 4 aromatic carbocycles. The van der Waals surface area contributed by atoms with Crippen molar-refractivity contribution < 1.29 is 23.4 Å². The Morgan fingerprint density at radius 1 is 0.647 bits per heavy atom. The summed E-state index contributed by atoms with van der Waals surface area (Å²) in [4.78, 5) is 0. The van der Waals surface area contributed by atoms with Crippen LogP contribution in [0.4, 0.5) is 0 Å². The molecule has 1 heterocycles. The van der Waals surface area contributed by atoms with Gasteiger partial charge in [0, 0.05) is 5.56 Å². The number of aliphatic hydroxyl groups is 1. The van der Waals surface area contributed by atoms with Crippen LogP contribution in [0.2, 0.25) is 5.04 Å². The molecule has 270 valence electrons. The summed E-state index contributed by atoms with van der Waals surface area (Å²) in [6.45, 7) is 7.56. The van der Waals surface area contributed by atoms with Gasteiger partial charge in [-0.15, -0.1) is 35.3 Å². The van der Waals surface area contributed by atoms with Gasteiger partial charge in [0.2, 0.25) is 0 Å². The number of hydrogen-bond donors (Lipinski definition) is 1. The Hall–Kier alpha value is -2.73. The zero-order valence-electron chi connectivity index (χ0n) is 30.4. The summed E-state index contributed by atoms with van der Waals surface area (Å²) in [5.74, 6) is 0. The molecule has 1 aromatic heterocycles. The van der Waals surface area contributed by atoms with Crippen molar-refractivity contribution in [1.29, 1.82) is 0 Å². The largest absolute Gasteiger partial charge is 0.472 e. The lowest BCUT2D eigenvalue weighted by Gasteiger charge is -2.50. The van der Waals surface area contributed by atoms with E-state index in [2.05, 4.69) is 81.4 Å². The molecule has 3 atom stereocenters. The van der Waals surface area contributed by atoms with Gasteiger partial charge < -0.3 is 23.4 Å². The van der Waals surface area contributed by atoms with E-state index < -0.39 is 29.5 Å². The van der Waals surface area contributed by atoms with E-state index >= 15 is 0 Å². The van der Waals surface area contributed by atoms with Crippen LogP contribution >= 0.6 is 35.3 Å². The number of rotatable bonds is 18. The van der Waals surface area contributed by atoms with Gasteiger partial charge in [-0.1, -0.05) is 142 Å². The monoisotopic (exact) mass is 758 g/mol. The Kier molecular flexibility index (Phi) is 13.8. The molecule has 9 heteroatoms. The standard InChI is InChI=1S/C42H50O5S3Si/c1-40(2,3)51(36-23-15-9-16-24-36,37-25-17-10-18-26-37)47-32-38(45-29-33-19-11-7-12-20-33)39(46-30-34-21-13-8-14-22-34)41(43,35-27-28-44-31-35)42(48-4,49-5)50-6/h7-28,31,38-39,43H,29-30,32H2,1-6H3/t38-,39+,41+/m0/s1. The summed E-state index contributed by atoms with van der Waals surface area (Å²) < 4.78 is 26.4. The van der Waals surface area contributed by atoms with E-state index in [1.807, 2.05) is 85.5 Å². The number of benzene rings is 4. The van der Waals surface area contributed by atoms with Crippen LogP contribution in [0.25, 0.3) is 0 Å². The first-order chi connectivity index (χ1) is 24.6. The number of thioether (sulfide) groups is 3. The van der Waals surface area contributed by atoms with Gasteiger partial charge >= 0.3 is 0 Å². The van der Waals surface area contributed by atoms with E-state index in [0.717, 1.165) is 11.1 Å². The van der Waals surface area contributed by atoms with Crippen LogP contribution in [-0.2, 0) is 32.7 Å². The summed E-state index contributed by atoms with van der Waals surface area (Å²) in [5, 5.41) is 15.6. The van der Waals surface area contributed by atoms with Crippen LogP contribution < -0.4 is 10.4 Å². The highest BCUT2D eigenvalue weighted by atomic mass is 32.3. The van der Waals surface area contributed by atoms with E-state index in [0.29, 0.717) is 12.2 Å². The fraction of sp³-hybridized carbons (Fsp3) is 0.333. The maximum absolute atomic E-state index is 13.5. The number of furan rings is 1. The van der Waals surface area contributed by atoms with Crippen molar-refractivity contribution in [2.45, 2.75) is 60.2 Å². The second-order valence-corrected chi connectivity index (χ2v) is 21.6. The average Bonchev–Trinajstić information content (AvgIpc) is 3.72. The third kappa shape index (κ3) is 8.42. The van der Waals surface area contributed by atoms with Crippen LogP contribution in [0.15, 0.2) is 144 Å². The van der Waals surface area contributed by atoms with Crippen molar-refractivity contribution in [1.82, 2.24) is 0 Å². The van der Waals surface area contributed by atoms with Gasteiger partial charge in [0.05, 0.1) is 32.3 Å². The normalized spacial score (nSPS) is 14.9. The highest BCUT2D eigenvalue weighted by Crippen LogP contribution is 2.58. The summed E-state index contributed by atoms with van der Waals surface area (Å²) in [6, 6.07) is 43.3. The molecular formula is C42H50O5S3Si. The lowest BCUT2D eigenvalue weighted by molar-refractivity contribution is -0.185. The average molecular weight is 759 g/mol. The molecule has 0 aliphatic rings. The SMILES string of the molecule is CSC(SC)(SC)[C@@](O)(c1ccoc1)[C@H](OCc1ccccc1)[C@H](CO[Si](c1ccccc1)(c1ccccc1)C(C)(C)C)OCc1ccccc1. The van der Waals surface area contributed by atoms with Gasteiger partial charge in [-0.25, -0.2) is 0 Å². The smallest absolute Gasteiger partial charge is 0.261 e. The molecule has 0 saturated carbocycles. The molecule has 5 rings (SSSR count). The Labute approximate surface area is 318 Å². The van der Waals surface area contributed by atoms with Crippen LogP contribution in [0.5, 0.6) is 0 Å². The molecule has 0 fully saturated rings. The highest BCUT2D eigenvalue weighted by molar-refractivity contribution is 8.33. The van der Waals surface area contributed by atoms with E-state index in [9.17, 15) is 5.11 Å². The van der Waals surface area contributed by atoms with Crippen molar-refractivity contribution in [3.05, 3.63) is 157 Å². The first kappa shape index (κ1) is 39.5. The maximum Gasteiger partial charge on any atom is 0.261 e. The molecule has 0 amide bonds. The van der Waals surface area contributed by atoms with Crippen LogP contribution in [0.1, 0.15) is 37.5 Å². The molecule has 5 nitrogen and oxygen atoms in total.